The van der Waals surface area contributed by atoms with Crippen LogP contribution in [0.3, 0.4) is 0 Å². The summed E-state index contributed by atoms with van der Waals surface area (Å²) in [4.78, 5) is 19.9. The van der Waals surface area contributed by atoms with Gasteiger partial charge in [-0.1, -0.05) is 19.1 Å². The number of anilines is 1. The summed E-state index contributed by atoms with van der Waals surface area (Å²) in [6.07, 6.45) is 0.361. The number of aromatic nitrogens is 1. The summed E-state index contributed by atoms with van der Waals surface area (Å²) in [5.74, 6) is 0.00704. The van der Waals surface area contributed by atoms with E-state index < -0.39 is 0 Å². The molecule has 6 heteroatoms. The molecule has 0 bridgehead atoms. The van der Waals surface area contributed by atoms with Crippen LogP contribution < -0.4 is 10.2 Å². The molecule has 2 atom stereocenters. The van der Waals surface area contributed by atoms with E-state index in [1.165, 1.54) is 10.6 Å². The Balaban J connectivity index is 1.80. The Morgan fingerprint density at radius 3 is 2.91 bits per heavy atom. The Kier molecular flexibility index (Phi) is 4.92. The molecule has 1 aliphatic rings. The average molecular weight is 348 g/mol. The molecule has 2 heterocycles. The predicted molar refractivity (Wildman–Crippen MR) is 97.3 cm³/mol. The summed E-state index contributed by atoms with van der Waals surface area (Å²) < 4.78 is 0. The number of nitrogens with zero attached hydrogens (tertiary/aromatic N) is 2. The van der Waals surface area contributed by atoms with E-state index in [9.17, 15) is 4.79 Å². The standard InChI is InChI=1S/C17H21N3OS2/c1-11-12(2)23-15-7-5-4-6-14(15)20(11)9-13-10-22-17(19-13)8-16(21)18-3/h4-7,10-12H,8-9H2,1-3H3,(H,18,21)/t11-,12-/m1/s1. The van der Waals surface area contributed by atoms with E-state index in [1.54, 1.807) is 18.4 Å². The van der Waals surface area contributed by atoms with Gasteiger partial charge in [0.1, 0.15) is 5.01 Å². The van der Waals surface area contributed by atoms with Crippen LogP contribution in [-0.2, 0) is 17.8 Å². The second kappa shape index (κ2) is 6.93. The molecule has 3 rings (SSSR count). The van der Waals surface area contributed by atoms with Crippen LogP contribution in [-0.4, -0.2) is 29.2 Å². The second-order valence-corrected chi connectivity index (χ2v) is 8.10. The SMILES string of the molecule is CNC(=O)Cc1nc(CN2c3ccccc3S[C@H](C)[C@H]2C)cs1. The van der Waals surface area contributed by atoms with Crippen molar-refractivity contribution in [2.24, 2.45) is 0 Å². The highest BCUT2D eigenvalue weighted by atomic mass is 32.2. The van der Waals surface area contributed by atoms with Crippen LogP contribution in [0.15, 0.2) is 34.5 Å². The molecule has 1 N–H and O–H groups in total. The van der Waals surface area contributed by atoms with Gasteiger partial charge in [-0.25, -0.2) is 4.98 Å². The van der Waals surface area contributed by atoms with Crippen molar-refractivity contribution in [3.8, 4) is 0 Å². The van der Waals surface area contributed by atoms with Gasteiger partial charge < -0.3 is 10.2 Å². The first-order chi connectivity index (χ1) is 11.1. The van der Waals surface area contributed by atoms with Gasteiger partial charge in [-0.2, -0.15) is 0 Å². The van der Waals surface area contributed by atoms with Crippen molar-refractivity contribution in [1.82, 2.24) is 10.3 Å². The summed E-state index contributed by atoms with van der Waals surface area (Å²) >= 11 is 3.50. The molecule has 0 saturated heterocycles. The minimum atomic E-state index is 0.00704. The second-order valence-electron chi connectivity index (χ2n) is 5.74. The number of hydrogen-bond donors (Lipinski definition) is 1. The van der Waals surface area contributed by atoms with E-state index in [0.29, 0.717) is 17.7 Å². The lowest BCUT2D eigenvalue weighted by molar-refractivity contribution is -0.119. The van der Waals surface area contributed by atoms with Crippen molar-refractivity contribution in [2.45, 2.75) is 43.0 Å². The molecule has 23 heavy (non-hydrogen) atoms. The molecule has 0 aliphatic carbocycles. The number of thiazole rings is 1. The quantitative estimate of drug-likeness (QED) is 0.921. The third-order valence-corrected chi connectivity index (χ3v) is 6.44. The van der Waals surface area contributed by atoms with Gasteiger partial charge in [-0.3, -0.25) is 4.79 Å². The Bertz CT molecular complexity index is 701. The fraction of sp³-hybridized carbons (Fsp3) is 0.412. The number of likely N-dealkylation sites (N-methyl/N-ethyl adjacent to an activating group) is 1. The third-order valence-electron chi connectivity index (χ3n) is 4.18. The number of thioether (sulfide) groups is 1. The van der Waals surface area contributed by atoms with Gasteiger partial charge in [-0.05, 0) is 19.1 Å². The highest BCUT2D eigenvalue weighted by molar-refractivity contribution is 8.00. The number of carbonyl (C=O) groups is 1. The van der Waals surface area contributed by atoms with Crippen molar-refractivity contribution in [2.75, 3.05) is 11.9 Å². The smallest absolute Gasteiger partial charge is 0.226 e. The van der Waals surface area contributed by atoms with Crippen molar-refractivity contribution in [3.63, 3.8) is 0 Å². The summed E-state index contributed by atoms with van der Waals surface area (Å²) in [7, 11) is 1.66. The molecule has 2 aromatic rings. The molecule has 0 fully saturated rings. The van der Waals surface area contributed by atoms with Gasteiger partial charge in [0.2, 0.25) is 5.91 Å². The first-order valence-electron chi connectivity index (χ1n) is 7.74. The highest BCUT2D eigenvalue weighted by Gasteiger charge is 2.29. The van der Waals surface area contributed by atoms with Crippen LogP contribution in [0.4, 0.5) is 5.69 Å². The van der Waals surface area contributed by atoms with Crippen molar-refractivity contribution >= 4 is 34.7 Å². The summed E-state index contributed by atoms with van der Waals surface area (Å²) in [5, 5.41) is 6.12. The van der Waals surface area contributed by atoms with E-state index in [-0.39, 0.29) is 5.91 Å². The van der Waals surface area contributed by atoms with E-state index in [1.807, 2.05) is 11.8 Å². The average Bonchev–Trinajstić information content (AvgIpc) is 2.98. The lowest BCUT2D eigenvalue weighted by Crippen LogP contribution is -2.41. The predicted octanol–water partition coefficient (Wildman–Crippen LogP) is 3.32. The van der Waals surface area contributed by atoms with Crippen LogP contribution in [0.5, 0.6) is 0 Å². The third kappa shape index (κ3) is 3.53. The Morgan fingerprint density at radius 2 is 2.13 bits per heavy atom. The maximum absolute atomic E-state index is 11.5. The number of nitrogens with one attached hydrogen (secondary N) is 1. The van der Waals surface area contributed by atoms with E-state index in [4.69, 9.17) is 0 Å². The Hall–Kier alpha value is -1.53. The van der Waals surface area contributed by atoms with E-state index >= 15 is 0 Å². The Labute approximate surface area is 145 Å². The summed E-state index contributed by atoms with van der Waals surface area (Å²) in [6, 6.07) is 9.00. The molecular formula is C17H21N3OS2. The van der Waals surface area contributed by atoms with Crippen LogP contribution in [0.2, 0.25) is 0 Å². The van der Waals surface area contributed by atoms with Gasteiger partial charge in [0.15, 0.2) is 0 Å². The first-order valence-corrected chi connectivity index (χ1v) is 9.50. The minimum Gasteiger partial charge on any atom is -0.361 e. The zero-order chi connectivity index (χ0) is 16.4. The minimum absolute atomic E-state index is 0.00704. The molecule has 122 valence electrons. The maximum Gasteiger partial charge on any atom is 0.226 e. The number of para-hydroxylation sites is 1. The van der Waals surface area contributed by atoms with Gasteiger partial charge in [0, 0.05) is 28.6 Å². The van der Waals surface area contributed by atoms with Crippen molar-refractivity contribution in [3.05, 3.63) is 40.3 Å². The largest absolute Gasteiger partial charge is 0.361 e. The van der Waals surface area contributed by atoms with E-state index in [2.05, 4.69) is 58.7 Å². The van der Waals surface area contributed by atoms with Crippen LogP contribution in [0.1, 0.15) is 24.5 Å². The number of rotatable bonds is 4. The van der Waals surface area contributed by atoms with Gasteiger partial charge in [0.05, 0.1) is 24.3 Å². The first kappa shape index (κ1) is 16.3. The molecule has 1 amide bonds. The molecule has 1 aromatic carbocycles. The summed E-state index contributed by atoms with van der Waals surface area (Å²) in [6.45, 7) is 5.33. The van der Waals surface area contributed by atoms with Crippen LogP contribution >= 0.6 is 23.1 Å². The zero-order valence-corrected chi connectivity index (χ0v) is 15.2. The number of hydrogen-bond acceptors (Lipinski definition) is 5. The molecule has 0 spiro atoms. The molecule has 0 radical (unpaired) electrons. The van der Waals surface area contributed by atoms with Gasteiger partial charge in [-0.15, -0.1) is 23.1 Å². The monoisotopic (exact) mass is 347 g/mol. The number of carbonyl (C=O) groups excluding carboxylic acids is 1. The molecule has 1 aromatic heterocycles. The number of fused-ring (bicyclic) bond motifs is 1. The number of benzene rings is 1. The normalized spacial score (nSPS) is 20.2. The summed E-state index contributed by atoms with van der Waals surface area (Å²) in [5.41, 5.74) is 2.32. The lowest BCUT2D eigenvalue weighted by Gasteiger charge is -2.40. The zero-order valence-electron chi connectivity index (χ0n) is 13.6. The fourth-order valence-corrected chi connectivity index (χ4v) is 4.69. The van der Waals surface area contributed by atoms with Gasteiger partial charge in [0.25, 0.3) is 0 Å². The molecule has 0 saturated carbocycles. The topological polar surface area (TPSA) is 45.2 Å². The Morgan fingerprint density at radius 1 is 1.35 bits per heavy atom. The molecule has 0 unspecified atom stereocenters. The van der Waals surface area contributed by atoms with E-state index in [0.717, 1.165) is 17.2 Å². The molecular weight excluding hydrogens is 326 g/mol. The fourth-order valence-electron chi connectivity index (χ4n) is 2.70. The van der Waals surface area contributed by atoms with Crippen LogP contribution in [0.25, 0.3) is 0 Å². The maximum atomic E-state index is 11.5. The van der Waals surface area contributed by atoms with Crippen molar-refractivity contribution in [1.29, 1.82) is 0 Å². The lowest BCUT2D eigenvalue weighted by atomic mass is 10.1. The molecule has 4 nitrogen and oxygen atoms in total. The number of amides is 1. The van der Waals surface area contributed by atoms with Crippen molar-refractivity contribution < 1.29 is 4.79 Å². The highest BCUT2D eigenvalue weighted by Crippen LogP contribution is 2.41. The van der Waals surface area contributed by atoms with Gasteiger partial charge >= 0.3 is 0 Å². The molecule has 1 aliphatic heterocycles. The van der Waals surface area contributed by atoms with Crippen LogP contribution in [0, 0.1) is 0 Å².